The lowest BCUT2D eigenvalue weighted by atomic mass is 9.80. The molecule has 0 bridgehead atoms. The Hall–Kier alpha value is -0.240. The van der Waals surface area contributed by atoms with Gasteiger partial charge >= 0.3 is 22.6 Å². The molecule has 0 amide bonds. The molecule has 0 atom stereocenters. The monoisotopic (exact) mass is 294 g/mol. The maximum Gasteiger partial charge on any atom is 0.351 e. The summed E-state index contributed by atoms with van der Waals surface area (Å²) >= 11 is 8.10. The number of hydrogen-bond donors (Lipinski definition) is 0. The quantitative estimate of drug-likeness (QED) is 0.406. The van der Waals surface area contributed by atoms with Crippen LogP contribution in [0.3, 0.4) is 0 Å². The molecule has 16 heavy (non-hydrogen) atoms. The molecule has 0 aromatic heterocycles. The van der Waals surface area contributed by atoms with Gasteiger partial charge in [0.15, 0.2) is 0 Å². The van der Waals surface area contributed by atoms with E-state index in [1.807, 2.05) is 0 Å². The molecule has 10 heteroatoms. The first-order chi connectivity index (χ1) is 6.74. The van der Waals surface area contributed by atoms with E-state index in [-0.39, 0.29) is 0 Å². The van der Waals surface area contributed by atoms with Crippen molar-refractivity contribution in [1.29, 1.82) is 0 Å². The van der Waals surface area contributed by atoms with E-state index in [1.165, 1.54) is 0 Å². The Morgan fingerprint density at radius 3 is 1.00 bits per heavy atom. The van der Waals surface area contributed by atoms with Crippen LogP contribution in [0, 0.1) is 0 Å². The summed E-state index contributed by atoms with van der Waals surface area (Å²) in [6, 6.07) is 0. The molecule has 1 aliphatic carbocycles. The molecule has 0 unspecified atom stereocenters. The fourth-order valence-electron chi connectivity index (χ4n) is 1.20. The molecule has 0 saturated carbocycles. The van der Waals surface area contributed by atoms with E-state index in [9.17, 15) is 35.1 Å². The van der Waals surface area contributed by atoms with Crippen molar-refractivity contribution in [3.8, 4) is 0 Å². The molecule has 0 radical (unpaired) electrons. The van der Waals surface area contributed by atoms with Crippen molar-refractivity contribution in [2.45, 2.75) is 22.6 Å². The first-order valence-electron chi connectivity index (χ1n) is 3.39. The van der Waals surface area contributed by atoms with Gasteiger partial charge in [0.05, 0.1) is 0 Å². The molecule has 0 heterocycles. The average molecular weight is 295 g/mol. The minimum absolute atomic E-state index is 2.85. The van der Waals surface area contributed by atoms with Crippen molar-refractivity contribution in [2.75, 3.05) is 0 Å². The second kappa shape index (κ2) is 3.16. The van der Waals surface area contributed by atoms with Gasteiger partial charge in [0.25, 0.3) is 0 Å². The van der Waals surface area contributed by atoms with Crippen LogP contribution in [0.2, 0.25) is 0 Å². The Kier molecular flexibility index (Phi) is 2.73. The highest BCUT2D eigenvalue weighted by Crippen LogP contribution is 2.64. The maximum atomic E-state index is 12.5. The zero-order valence-corrected chi connectivity index (χ0v) is 8.29. The number of hydrogen-bond acceptors (Lipinski definition) is 0. The highest BCUT2D eigenvalue weighted by molar-refractivity contribution is 6.26. The molecule has 0 fully saturated rings. The first kappa shape index (κ1) is 13.8. The lowest BCUT2D eigenvalue weighted by Crippen LogP contribution is -2.60. The summed E-state index contributed by atoms with van der Waals surface area (Å²) in [4.78, 5) is 0. The molecule has 0 aliphatic heterocycles. The molecule has 0 N–H and O–H groups in total. The largest absolute Gasteiger partial charge is 0.351 e. The molecule has 94 valence electrons. The third-order valence-corrected chi connectivity index (χ3v) is 2.22. The van der Waals surface area contributed by atoms with Crippen LogP contribution in [0.4, 0.5) is 35.1 Å². The lowest BCUT2D eigenvalue weighted by Gasteiger charge is -2.43. The van der Waals surface area contributed by atoms with Gasteiger partial charge < -0.3 is 0 Å². The molecule has 0 spiro atoms. The third-order valence-electron chi connectivity index (χ3n) is 1.84. The third kappa shape index (κ3) is 1.66. The van der Waals surface area contributed by atoms with Crippen LogP contribution in [-0.4, -0.2) is 22.6 Å². The second-order valence-corrected chi connectivity index (χ2v) is 3.84. The van der Waals surface area contributed by atoms with Crippen LogP contribution < -0.4 is 0 Å². The maximum absolute atomic E-state index is 12.5. The van der Waals surface area contributed by atoms with Crippen LogP contribution in [0.25, 0.3) is 0 Å². The van der Waals surface area contributed by atoms with E-state index in [0.29, 0.717) is 0 Å². The predicted molar refractivity (Wildman–Crippen MR) is 38.5 cm³/mol. The summed E-state index contributed by atoms with van der Waals surface area (Å²) in [7, 11) is 0. The number of rotatable bonds is 2. The van der Waals surface area contributed by atoms with Gasteiger partial charge in [-0.05, 0) is 23.2 Å². The van der Waals surface area contributed by atoms with E-state index in [0.717, 1.165) is 0 Å². The first-order valence-corrected chi connectivity index (χ1v) is 4.15. The summed E-state index contributed by atoms with van der Waals surface area (Å²) in [6.07, 6.45) is 0. The van der Waals surface area contributed by atoms with Crippen LogP contribution in [0.15, 0.2) is 11.1 Å². The van der Waals surface area contributed by atoms with E-state index in [2.05, 4.69) is 23.2 Å². The zero-order chi connectivity index (χ0) is 13.2. The van der Waals surface area contributed by atoms with Gasteiger partial charge in [-0.2, -0.15) is 35.1 Å². The van der Waals surface area contributed by atoms with Gasteiger partial charge in [-0.25, -0.2) is 0 Å². The van der Waals surface area contributed by atoms with Crippen molar-refractivity contribution >= 4 is 23.2 Å². The van der Waals surface area contributed by atoms with Gasteiger partial charge in [-0.1, -0.05) is 0 Å². The molecule has 1 rings (SSSR count). The Balaban J connectivity index is 3.48. The van der Waals surface area contributed by atoms with Crippen molar-refractivity contribution in [3.05, 3.63) is 11.1 Å². The Bertz CT molecular complexity index is 313. The van der Waals surface area contributed by atoms with Crippen LogP contribution in [0.5, 0.6) is 0 Å². The smallest absolute Gasteiger partial charge is 0.194 e. The summed E-state index contributed by atoms with van der Waals surface area (Å²) in [5, 5.41) is -10.1. The van der Waals surface area contributed by atoms with Gasteiger partial charge in [-0.3, -0.25) is 0 Å². The van der Waals surface area contributed by atoms with Crippen LogP contribution in [-0.2, 0) is 0 Å². The second-order valence-electron chi connectivity index (χ2n) is 2.89. The minimum Gasteiger partial charge on any atom is -0.194 e. The van der Waals surface area contributed by atoms with E-state index in [4.69, 9.17) is 0 Å². The fourth-order valence-corrected chi connectivity index (χ4v) is 1.63. The summed E-state index contributed by atoms with van der Waals surface area (Å²) < 4.78 is 99.1. The lowest BCUT2D eigenvalue weighted by molar-refractivity contribution is -0.219. The highest BCUT2D eigenvalue weighted by Gasteiger charge is 2.80. The van der Waals surface area contributed by atoms with Crippen LogP contribution in [0.1, 0.15) is 0 Å². The Morgan fingerprint density at radius 2 is 0.875 bits per heavy atom. The number of alkyl halides is 10. The van der Waals surface area contributed by atoms with Gasteiger partial charge in [-0.15, -0.1) is 0 Å². The fraction of sp³-hybridized carbons (Fsp3) is 0.667. The van der Waals surface area contributed by atoms with Crippen molar-refractivity contribution < 1.29 is 35.1 Å². The van der Waals surface area contributed by atoms with Gasteiger partial charge in [0, 0.05) is 0 Å². The van der Waals surface area contributed by atoms with E-state index < -0.39 is 33.8 Å². The summed E-state index contributed by atoms with van der Waals surface area (Å²) in [5.41, 5.74) is -5.71. The molecule has 0 nitrogen and oxygen atoms in total. The molecular weight excluding hydrogens is 295 g/mol. The Labute approximate surface area is 92.8 Å². The topological polar surface area (TPSA) is 0 Å². The average Bonchev–Trinajstić information content (AvgIpc) is 1.94. The normalized spacial score (nSPS) is 24.4. The number of halogens is 10. The minimum atomic E-state index is -5.45. The molecule has 0 aromatic carbocycles. The van der Waals surface area contributed by atoms with Crippen LogP contribution >= 0.6 is 23.2 Å². The summed E-state index contributed by atoms with van der Waals surface area (Å²) in [6.45, 7) is 0. The van der Waals surface area contributed by atoms with Gasteiger partial charge in [0.1, 0.15) is 11.1 Å². The molecular formula is C6Cl2F8. The summed E-state index contributed by atoms with van der Waals surface area (Å²) in [5.74, 6) is -10.9. The zero-order valence-electron chi connectivity index (χ0n) is 6.78. The number of allylic oxidation sites excluding steroid dienone is 2. The van der Waals surface area contributed by atoms with E-state index in [1.54, 1.807) is 0 Å². The van der Waals surface area contributed by atoms with E-state index >= 15 is 0 Å². The van der Waals surface area contributed by atoms with Crippen molar-refractivity contribution in [1.82, 2.24) is 0 Å². The molecule has 0 saturated heterocycles. The predicted octanol–water partition coefficient (Wildman–Crippen LogP) is 4.23. The van der Waals surface area contributed by atoms with Crippen molar-refractivity contribution in [2.24, 2.45) is 0 Å². The Morgan fingerprint density at radius 1 is 0.688 bits per heavy atom. The SMILES string of the molecule is FC(F)(Cl)C1=C(C(F)(F)Cl)C(F)(F)C1(F)F. The van der Waals surface area contributed by atoms with Crippen molar-refractivity contribution in [3.63, 3.8) is 0 Å². The molecule has 1 aliphatic rings. The van der Waals surface area contributed by atoms with Gasteiger partial charge in [0.2, 0.25) is 0 Å². The standard InChI is InChI=1S/C6Cl2F8/c7-5(13,14)1-2(6(8,15)16)4(11,12)3(1,9)10. The highest BCUT2D eigenvalue weighted by atomic mass is 35.5. The molecule has 0 aromatic rings.